The molecule has 7 nitrogen and oxygen atoms in total. The van der Waals surface area contributed by atoms with Gasteiger partial charge < -0.3 is 28.4 Å². The van der Waals surface area contributed by atoms with Gasteiger partial charge in [-0.2, -0.15) is 0 Å². The molecule has 0 spiro atoms. The van der Waals surface area contributed by atoms with Gasteiger partial charge in [-0.05, 0) is 40.6 Å². The normalized spacial score (nSPS) is 13.9. The summed E-state index contributed by atoms with van der Waals surface area (Å²) in [5.74, 6) is 1.07. The average molecular weight is 517 g/mol. The molecule has 0 unspecified atom stereocenters. The van der Waals surface area contributed by atoms with Crippen LogP contribution in [-0.4, -0.2) is 52.1 Å². The number of benzene rings is 4. The van der Waals surface area contributed by atoms with E-state index in [0.29, 0.717) is 24.5 Å². The van der Waals surface area contributed by atoms with Gasteiger partial charge in [0.1, 0.15) is 18.1 Å². The summed E-state index contributed by atoms with van der Waals surface area (Å²) in [6.07, 6.45) is -1.37. The molecule has 0 fully saturated rings. The van der Waals surface area contributed by atoms with Crippen molar-refractivity contribution < 1.29 is 33.2 Å². The fraction of sp³-hybridized carbons (Fsp3) is 0.323. The minimum Gasteiger partial charge on any atom is -0.466 e. The fourth-order valence-electron chi connectivity index (χ4n) is 4.92. The van der Waals surface area contributed by atoms with E-state index in [1.165, 1.54) is 0 Å². The van der Waals surface area contributed by atoms with Gasteiger partial charge in [-0.25, -0.2) is 0 Å². The maximum atomic E-state index is 12.2. The van der Waals surface area contributed by atoms with E-state index >= 15 is 0 Å². The Morgan fingerprint density at radius 2 is 1.37 bits per heavy atom. The summed E-state index contributed by atoms with van der Waals surface area (Å²) in [7, 11) is 3.10. The molecule has 0 aromatic heterocycles. The maximum Gasteiger partial charge on any atom is 0.308 e. The van der Waals surface area contributed by atoms with E-state index < -0.39 is 18.7 Å². The Hall–Kier alpha value is -3.65. The molecular weight excluding hydrogens is 484 g/mol. The number of fused-ring (bicyclic) bond motifs is 7. The Morgan fingerprint density at radius 3 is 1.89 bits per heavy atom. The number of carbonyl (C=O) groups excluding carboxylic acids is 1. The standard InChI is InChI=1S/C31H32O7/c1-4-35-27(32)17-22(18-28(33-2)34-3)36-19-29-37-25-15-13-20-9-5-7-11-23(20)30(25)31-24-12-8-6-10-21(24)14-16-26(31)38-29/h5-16,22,28-29H,4,17-19H2,1-3H3/t22-/m1/s1. The van der Waals surface area contributed by atoms with Gasteiger partial charge in [0.25, 0.3) is 6.29 Å². The third kappa shape index (κ3) is 5.45. The van der Waals surface area contributed by atoms with Crippen LogP contribution in [0.3, 0.4) is 0 Å². The van der Waals surface area contributed by atoms with Gasteiger partial charge in [-0.1, -0.05) is 60.7 Å². The van der Waals surface area contributed by atoms with E-state index in [1.807, 2.05) is 48.5 Å². The first kappa shape index (κ1) is 26.0. The largest absolute Gasteiger partial charge is 0.466 e. The van der Waals surface area contributed by atoms with E-state index in [4.69, 9.17) is 28.4 Å². The summed E-state index contributed by atoms with van der Waals surface area (Å²) in [5.41, 5.74) is 1.97. The second-order valence-corrected chi connectivity index (χ2v) is 9.09. The number of ether oxygens (including phenoxy) is 6. The molecule has 38 heavy (non-hydrogen) atoms. The molecule has 0 saturated heterocycles. The summed E-state index contributed by atoms with van der Waals surface area (Å²) >= 11 is 0. The first-order valence-electron chi connectivity index (χ1n) is 12.8. The predicted octanol–water partition coefficient (Wildman–Crippen LogP) is 6.10. The van der Waals surface area contributed by atoms with E-state index in [-0.39, 0.29) is 19.0 Å². The average Bonchev–Trinajstić information content (AvgIpc) is 3.11. The van der Waals surface area contributed by atoms with Crippen LogP contribution in [0.2, 0.25) is 0 Å². The van der Waals surface area contributed by atoms with Crippen LogP contribution in [0.4, 0.5) is 0 Å². The lowest BCUT2D eigenvalue weighted by atomic mass is 9.92. The molecule has 0 aliphatic carbocycles. The quantitative estimate of drug-likeness (QED) is 0.186. The molecule has 1 heterocycles. The lowest BCUT2D eigenvalue weighted by molar-refractivity contribution is -0.159. The molecule has 0 bridgehead atoms. The summed E-state index contributed by atoms with van der Waals surface area (Å²) in [6.45, 7) is 2.16. The van der Waals surface area contributed by atoms with Crippen LogP contribution in [0.5, 0.6) is 11.5 Å². The minimum atomic E-state index is -0.745. The van der Waals surface area contributed by atoms with Crippen LogP contribution in [0, 0.1) is 0 Å². The van der Waals surface area contributed by atoms with E-state index in [1.54, 1.807) is 21.1 Å². The Bertz CT molecular complexity index is 1330. The smallest absolute Gasteiger partial charge is 0.308 e. The fourth-order valence-corrected chi connectivity index (χ4v) is 4.92. The topological polar surface area (TPSA) is 72.5 Å². The molecule has 1 aliphatic rings. The lowest BCUT2D eigenvalue weighted by Crippen LogP contribution is -2.34. The van der Waals surface area contributed by atoms with Gasteiger partial charge in [-0.3, -0.25) is 4.79 Å². The SMILES string of the molecule is CCOC(=O)C[C@H](CC(OC)OC)OCC1Oc2ccc3ccccc3c2-c2c(ccc3ccccc23)O1. The lowest BCUT2D eigenvalue weighted by Gasteiger charge is -2.24. The summed E-state index contributed by atoms with van der Waals surface area (Å²) < 4.78 is 34.9. The minimum absolute atomic E-state index is 0.0617. The van der Waals surface area contributed by atoms with E-state index in [2.05, 4.69) is 24.3 Å². The Kier molecular flexibility index (Phi) is 8.08. The molecule has 0 amide bonds. The molecule has 4 aromatic carbocycles. The van der Waals surface area contributed by atoms with Crippen molar-refractivity contribution in [1.82, 2.24) is 0 Å². The highest BCUT2D eigenvalue weighted by Gasteiger charge is 2.29. The highest BCUT2D eigenvalue weighted by Crippen LogP contribution is 2.47. The van der Waals surface area contributed by atoms with Crippen LogP contribution < -0.4 is 9.47 Å². The van der Waals surface area contributed by atoms with Gasteiger partial charge >= 0.3 is 5.97 Å². The van der Waals surface area contributed by atoms with Crippen LogP contribution in [0.1, 0.15) is 19.8 Å². The molecule has 0 radical (unpaired) electrons. The molecule has 5 rings (SSSR count). The number of esters is 1. The van der Waals surface area contributed by atoms with Gasteiger partial charge in [0, 0.05) is 31.8 Å². The predicted molar refractivity (Wildman–Crippen MR) is 145 cm³/mol. The second-order valence-electron chi connectivity index (χ2n) is 9.09. The van der Waals surface area contributed by atoms with Crippen LogP contribution in [-0.2, 0) is 23.7 Å². The van der Waals surface area contributed by atoms with Crippen LogP contribution in [0.15, 0.2) is 72.8 Å². The van der Waals surface area contributed by atoms with Gasteiger partial charge in [0.15, 0.2) is 6.29 Å². The van der Waals surface area contributed by atoms with E-state index in [9.17, 15) is 4.79 Å². The van der Waals surface area contributed by atoms with Crippen molar-refractivity contribution in [2.24, 2.45) is 0 Å². The molecule has 1 atom stereocenters. The Balaban J connectivity index is 1.50. The molecule has 0 saturated carbocycles. The molecule has 7 heteroatoms. The zero-order chi connectivity index (χ0) is 26.5. The van der Waals surface area contributed by atoms with Crippen molar-refractivity contribution in [2.45, 2.75) is 38.4 Å². The summed E-state index contributed by atoms with van der Waals surface area (Å²) in [4.78, 5) is 12.2. The number of methoxy groups -OCH3 is 2. The monoisotopic (exact) mass is 516 g/mol. The van der Waals surface area contributed by atoms with Crippen molar-refractivity contribution in [3.8, 4) is 22.6 Å². The zero-order valence-corrected chi connectivity index (χ0v) is 21.8. The number of hydrogen-bond acceptors (Lipinski definition) is 7. The third-order valence-electron chi connectivity index (χ3n) is 6.70. The first-order valence-corrected chi connectivity index (χ1v) is 12.8. The van der Waals surface area contributed by atoms with E-state index in [0.717, 1.165) is 32.7 Å². The van der Waals surface area contributed by atoms with Crippen molar-refractivity contribution in [2.75, 3.05) is 27.4 Å². The van der Waals surface area contributed by atoms with Gasteiger partial charge in [0.05, 0.1) is 19.1 Å². The highest BCUT2D eigenvalue weighted by molar-refractivity contribution is 6.09. The number of hydrogen-bond donors (Lipinski definition) is 0. The molecule has 198 valence electrons. The first-order chi connectivity index (χ1) is 18.6. The van der Waals surface area contributed by atoms with Crippen molar-refractivity contribution in [3.05, 3.63) is 72.8 Å². The molecular formula is C31H32O7. The number of rotatable bonds is 10. The van der Waals surface area contributed by atoms with Crippen LogP contribution in [0.25, 0.3) is 32.7 Å². The zero-order valence-electron chi connectivity index (χ0n) is 21.8. The van der Waals surface area contributed by atoms with Crippen molar-refractivity contribution in [3.63, 3.8) is 0 Å². The Morgan fingerprint density at radius 1 is 0.816 bits per heavy atom. The van der Waals surface area contributed by atoms with Crippen molar-refractivity contribution in [1.29, 1.82) is 0 Å². The summed E-state index contributed by atoms with van der Waals surface area (Å²) in [6, 6.07) is 24.6. The van der Waals surface area contributed by atoms with Crippen molar-refractivity contribution >= 4 is 27.5 Å². The van der Waals surface area contributed by atoms with Gasteiger partial charge in [0.2, 0.25) is 0 Å². The molecule has 0 N–H and O–H groups in total. The molecule has 1 aliphatic heterocycles. The van der Waals surface area contributed by atoms with Crippen LogP contribution >= 0.6 is 0 Å². The number of carbonyl (C=O) groups is 1. The third-order valence-corrected chi connectivity index (χ3v) is 6.70. The highest BCUT2D eigenvalue weighted by atomic mass is 16.7. The summed E-state index contributed by atoms with van der Waals surface area (Å²) in [5, 5.41) is 4.39. The maximum absolute atomic E-state index is 12.2. The Labute approximate surface area is 222 Å². The van der Waals surface area contributed by atoms with Gasteiger partial charge in [-0.15, -0.1) is 0 Å². The second kappa shape index (κ2) is 11.8. The molecule has 4 aromatic rings.